The van der Waals surface area contributed by atoms with Crippen molar-refractivity contribution in [3.8, 4) is 0 Å². The van der Waals surface area contributed by atoms with E-state index < -0.39 is 11.9 Å². The van der Waals surface area contributed by atoms with Crippen LogP contribution in [0.25, 0.3) is 0 Å². The molecule has 1 saturated heterocycles. The maximum absolute atomic E-state index is 13.3. The first-order valence-electron chi connectivity index (χ1n) is 11.0. The Morgan fingerprint density at radius 1 is 1.13 bits per heavy atom. The predicted octanol–water partition coefficient (Wildman–Crippen LogP) is 2.22. The summed E-state index contributed by atoms with van der Waals surface area (Å²) in [5.74, 6) is -0.0357. The van der Waals surface area contributed by atoms with Crippen molar-refractivity contribution in [1.82, 2.24) is 4.90 Å². The minimum atomic E-state index is -0.721. The Labute approximate surface area is 178 Å². The molecule has 3 amide bonds. The minimum Gasteiger partial charge on any atom is -0.370 e. The smallest absolute Gasteiger partial charge is 0.239 e. The lowest BCUT2D eigenvalue weighted by atomic mass is 9.68. The molecule has 0 spiro atoms. The number of hydrogen-bond acceptors (Lipinski definition) is 4. The van der Waals surface area contributed by atoms with Gasteiger partial charge in [0.15, 0.2) is 0 Å². The van der Waals surface area contributed by atoms with E-state index in [1.807, 2.05) is 18.2 Å². The summed E-state index contributed by atoms with van der Waals surface area (Å²) in [4.78, 5) is 38.8. The van der Waals surface area contributed by atoms with Gasteiger partial charge in [-0.3, -0.25) is 14.4 Å². The normalized spacial score (nSPS) is 24.4. The second-order valence-corrected chi connectivity index (χ2v) is 9.06. The molecule has 3 rings (SSSR count). The zero-order valence-corrected chi connectivity index (χ0v) is 18.0. The van der Waals surface area contributed by atoms with Gasteiger partial charge in [-0.1, -0.05) is 38.5 Å². The third kappa shape index (κ3) is 5.01. The van der Waals surface area contributed by atoms with E-state index >= 15 is 0 Å². The van der Waals surface area contributed by atoms with E-state index in [-0.39, 0.29) is 42.4 Å². The molecule has 5 N–H and O–H groups in total. The number of benzene rings is 1. The summed E-state index contributed by atoms with van der Waals surface area (Å²) < 4.78 is 0. The highest BCUT2D eigenvalue weighted by Crippen LogP contribution is 2.41. The summed E-state index contributed by atoms with van der Waals surface area (Å²) in [5.41, 5.74) is 13.2. The van der Waals surface area contributed by atoms with Crippen molar-refractivity contribution in [3.63, 3.8) is 0 Å². The summed E-state index contributed by atoms with van der Waals surface area (Å²) in [7, 11) is 0. The molecule has 164 valence electrons. The first-order chi connectivity index (χ1) is 14.3. The van der Waals surface area contributed by atoms with Gasteiger partial charge in [0.05, 0.1) is 6.04 Å². The van der Waals surface area contributed by atoms with Gasteiger partial charge in [0.1, 0.15) is 0 Å². The van der Waals surface area contributed by atoms with E-state index in [1.165, 1.54) is 0 Å². The van der Waals surface area contributed by atoms with Crippen molar-refractivity contribution in [3.05, 3.63) is 29.8 Å². The van der Waals surface area contributed by atoms with Gasteiger partial charge in [0, 0.05) is 31.1 Å². The molecule has 2 unspecified atom stereocenters. The fourth-order valence-electron chi connectivity index (χ4n) is 5.03. The second-order valence-electron chi connectivity index (χ2n) is 9.06. The van der Waals surface area contributed by atoms with Crippen LogP contribution in [0.1, 0.15) is 57.4 Å². The summed E-state index contributed by atoms with van der Waals surface area (Å²) in [6.07, 6.45) is 3.31. The van der Waals surface area contributed by atoms with Crippen LogP contribution in [0.2, 0.25) is 0 Å². The summed E-state index contributed by atoms with van der Waals surface area (Å²) in [6, 6.07) is 7.22. The van der Waals surface area contributed by atoms with Crippen LogP contribution in [0, 0.1) is 17.8 Å². The first-order valence-corrected chi connectivity index (χ1v) is 11.0. The average molecular weight is 415 g/mol. The van der Waals surface area contributed by atoms with Crippen molar-refractivity contribution in [2.75, 3.05) is 18.4 Å². The minimum absolute atomic E-state index is 0.0583. The molecular weight excluding hydrogens is 380 g/mol. The number of carbonyl (C=O) groups is 3. The number of fused-ring (bicyclic) bond motifs is 2. The van der Waals surface area contributed by atoms with Crippen LogP contribution < -0.4 is 16.8 Å². The number of rotatable bonds is 7. The molecule has 1 aliphatic heterocycles. The molecular formula is C23H34N4O3. The highest BCUT2D eigenvalue weighted by molar-refractivity contribution is 5.94. The third-order valence-corrected chi connectivity index (χ3v) is 6.55. The zero-order valence-electron chi connectivity index (χ0n) is 18.0. The maximum atomic E-state index is 13.3. The molecule has 3 atom stereocenters. The fraction of sp³-hybridized carbons (Fsp3) is 0.609. The summed E-state index contributed by atoms with van der Waals surface area (Å²) in [6.45, 7) is 5.32. The summed E-state index contributed by atoms with van der Waals surface area (Å²) >= 11 is 0. The number of nitrogens with zero attached hydrogens (tertiary/aromatic N) is 1. The molecule has 1 aliphatic carbocycles. The highest BCUT2D eigenvalue weighted by atomic mass is 16.2. The van der Waals surface area contributed by atoms with Crippen molar-refractivity contribution in [2.45, 2.75) is 57.9 Å². The Morgan fingerprint density at radius 3 is 2.37 bits per heavy atom. The van der Waals surface area contributed by atoms with Crippen LogP contribution in [-0.4, -0.2) is 41.8 Å². The number of carbonyl (C=O) groups excluding carboxylic acids is 3. The Hall–Kier alpha value is -2.41. The first kappa shape index (κ1) is 22.3. The lowest BCUT2D eigenvalue weighted by Crippen LogP contribution is -2.56. The van der Waals surface area contributed by atoms with Gasteiger partial charge in [0.25, 0.3) is 0 Å². The molecule has 30 heavy (non-hydrogen) atoms. The summed E-state index contributed by atoms with van der Waals surface area (Å²) in [5, 5.41) is 3.17. The van der Waals surface area contributed by atoms with Crippen LogP contribution >= 0.6 is 0 Å². The van der Waals surface area contributed by atoms with Crippen molar-refractivity contribution in [2.24, 2.45) is 29.2 Å². The number of likely N-dealkylation sites (tertiary alicyclic amines) is 1. The highest BCUT2D eigenvalue weighted by Gasteiger charge is 2.45. The SMILES string of the molecule is CC(C)c1ccccc1NC(=O)C1C2CCCC1CN(C(=O)[C@@H](N)CCC(N)=O)C2. The zero-order chi connectivity index (χ0) is 21.8. The third-order valence-electron chi connectivity index (χ3n) is 6.55. The quantitative estimate of drug-likeness (QED) is 0.634. The Morgan fingerprint density at radius 2 is 1.77 bits per heavy atom. The van der Waals surface area contributed by atoms with E-state index in [9.17, 15) is 14.4 Å². The second kappa shape index (κ2) is 9.60. The lowest BCUT2D eigenvalue weighted by Gasteiger charge is -2.47. The fourth-order valence-corrected chi connectivity index (χ4v) is 5.03. The van der Waals surface area contributed by atoms with Gasteiger partial charge in [-0.25, -0.2) is 0 Å². The number of para-hydroxylation sites is 1. The van der Waals surface area contributed by atoms with Gasteiger partial charge in [-0.15, -0.1) is 0 Å². The van der Waals surface area contributed by atoms with Gasteiger partial charge in [-0.2, -0.15) is 0 Å². The number of hydrogen-bond donors (Lipinski definition) is 3. The van der Waals surface area contributed by atoms with Crippen molar-refractivity contribution >= 4 is 23.4 Å². The number of nitrogens with two attached hydrogens (primary N) is 2. The van der Waals surface area contributed by atoms with E-state index in [0.29, 0.717) is 19.0 Å². The van der Waals surface area contributed by atoms with Gasteiger partial charge in [-0.05, 0) is 48.6 Å². The van der Waals surface area contributed by atoms with Gasteiger partial charge < -0.3 is 21.7 Å². The maximum Gasteiger partial charge on any atom is 0.239 e. The molecule has 0 aromatic heterocycles. The van der Waals surface area contributed by atoms with Crippen LogP contribution in [-0.2, 0) is 14.4 Å². The molecule has 0 radical (unpaired) electrons. The number of piperidine rings is 1. The van der Waals surface area contributed by atoms with E-state index in [0.717, 1.165) is 30.5 Å². The Kier molecular flexibility index (Phi) is 7.13. The molecule has 2 aliphatic rings. The Balaban J connectivity index is 1.68. The number of primary amides is 1. The van der Waals surface area contributed by atoms with Crippen LogP contribution in [0.15, 0.2) is 24.3 Å². The standard InChI is InChI=1S/C23H34N4O3/c1-14(2)17-8-3-4-9-19(17)26-22(29)21-15-6-5-7-16(21)13-27(12-15)23(30)18(24)10-11-20(25)28/h3-4,8-9,14-16,18,21H,5-7,10-13,24H2,1-2H3,(H2,25,28)(H,26,29)/t15?,16?,18-,21?/m0/s1. The van der Waals surface area contributed by atoms with Crippen molar-refractivity contribution in [1.29, 1.82) is 0 Å². The number of anilines is 1. The molecule has 1 heterocycles. The largest absolute Gasteiger partial charge is 0.370 e. The monoisotopic (exact) mass is 414 g/mol. The molecule has 1 aromatic rings. The van der Waals surface area contributed by atoms with E-state index in [1.54, 1.807) is 4.90 Å². The van der Waals surface area contributed by atoms with Gasteiger partial charge in [0.2, 0.25) is 17.7 Å². The average Bonchev–Trinajstić information content (AvgIpc) is 2.70. The van der Waals surface area contributed by atoms with Crippen LogP contribution in [0.3, 0.4) is 0 Å². The Bertz CT molecular complexity index is 780. The predicted molar refractivity (Wildman–Crippen MR) is 116 cm³/mol. The topological polar surface area (TPSA) is 119 Å². The molecule has 1 aromatic carbocycles. The lowest BCUT2D eigenvalue weighted by molar-refractivity contribution is -0.142. The molecule has 7 heteroatoms. The van der Waals surface area contributed by atoms with E-state index in [2.05, 4.69) is 25.2 Å². The number of nitrogens with one attached hydrogen (secondary N) is 1. The van der Waals surface area contributed by atoms with Crippen LogP contribution in [0.5, 0.6) is 0 Å². The molecule has 2 bridgehead atoms. The molecule has 7 nitrogen and oxygen atoms in total. The number of amides is 3. The van der Waals surface area contributed by atoms with E-state index in [4.69, 9.17) is 11.5 Å². The molecule has 1 saturated carbocycles. The van der Waals surface area contributed by atoms with Crippen molar-refractivity contribution < 1.29 is 14.4 Å². The van der Waals surface area contributed by atoms with Gasteiger partial charge >= 0.3 is 0 Å². The van der Waals surface area contributed by atoms with Crippen LogP contribution in [0.4, 0.5) is 5.69 Å². The molecule has 2 fully saturated rings.